The molecule has 2 aliphatic rings. The van der Waals surface area contributed by atoms with Gasteiger partial charge in [0.15, 0.2) is 0 Å². The molecule has 3 rings (SSSR count). The Kier molecular flexibility index (Phi) is 6.97. The Morgan fingerprint density at radius 3 is 2.47 bits per heavy atom. The summed E-state index contributed by atoms with van der Waals surface area (Å²) in [5.41, 5.74) is 0.393. The quantitative estimate of drug-likeness (QED) is 0.619. The van der Waals surface area contributed by atoms with E-state index in [-0.39, 0.29) is 12.5 Å². The van der Waals surface area contributed by atoms with E-state index in [1.165, 1.54) is 0 Å². The van der Waals surface area contributed by atoms with Gasteiger partial charge in [0.05, 0.1) is 6.54 Å². The summed E-state index contributed by atoms with van der Waals surface area (Å²) in [6, 6.07) is 4.60. The van der Waals surface area contributed by atoms with Crippen LogP contribution < -0.4 is 16.0 Å². The highest BCUT2D eigenvalue weighted by molar-refractivity contribution is 6.31. The van der Waals surface area contributed by atoms with Crippen LogP contribution in [0.4, 0.5) is 10.5 Å². The molecule has 1 aromatic carbocycles. The fraction of sp³-hybridized carbons (Fsp3) is 0.524. The number of anilines is 1. The number of halogens is 1. The van der Waals surface area contributed by atoms with Crippen LogP contribution in [0.3, 0.4) is 0 Å². The van der Waals surface area contributed by atoms with Crippen LogP contribution in [-0.2, 0) is 14.4 Å². The van der Waals surface area contributed by atoms with Crippen molar-refractivity contribution in [2.75, 3.05) is 18.4 Å². The van der Waals surface area contributed by atoms with Crippen molar-refractivity contribution in [3.63, 3.8) is 0 Å². The number of rotatable bonds is 5. The Bertz CT molecular complexity index is 849. The second-order valence-electron chi connectivity index (χ2n) is 7.91. The van der Waals surface area contributed by atoms with E-state index in [1.54, 1.807) is 25.1 Å². The average molecular weight is 435 g/mol. The molecule has 1 spiro atoms. The van der Waals surface area contributed by atoms with E-state index in [0.717, 1.165) is 42.6 Å². The topological polar surface area (TPSA) is 108 Å². The van der Waals surface area contributed by atoms with Crippen LogP contribution >= 0.6 is 11.6 Å². The summed E-state index contributed by atoms with van der Waals surface area (Å²) < 4.78 is 0. The number of hydrogen-bond acceptors (Lipinski definition) is 4. The lowest BCUT2D eigenvalue weighted by atomic mass is 9.84. The van der Waals surface area contributed by atoms with Crippen LogP contribution in [0, 0.1) is 6.92 Å². The molecule has 0 aromatic heterocycles. The zero-order valence-corrected chi connectivity index (χ0v) is 17.8. The van der Waals surface area contributed by atoms with Gasteiger partial charge in [0.2, 0.25) is 11.8 Å². The summed E-state index contributed by atoms with van der Waals surface area (Å²) in [5.74, 6) is -1.34. The third-order valence-corrected chi connectivity index (χ3v) is 6.15. The number of amides is 5. The number of carbonyl (C=O) groups is 4. The number of nitrogens with one attached hydrogen (secondary N) is 3. The Morgan fingerprint density at radius 1 is 1.10 bits per heavy atom. The SMILES string of the molecule is Cc1c(Cl)cccc1NC(=O)CNC(=O)CN1C(=O)NC2(CCCCCCC2)C1=O. The standard InChI is InChI=1S/C21H27ClN4O4/c1-14-15(22)8-7-9-16(14)24-17(27)12-23-18(28)13-26-19(29)21(25-20(26)30)10-5-3-2-4-6-11-21/h7-9H,2-6,10-13H2,1H3,(H,23,28)(H,24,27)(H,25,30). The molecule has 1 saturated carbocycles. The normalized spacial score (nSPS) is 18.5. The maximum Gasteiger partial charge on any atom is 0.325 e. The van der Waals surface area contributed by atoms with Gasteiger partial charge in [-0.2, -0.15) is 0 Å². The number of carbonyl (C=O) groups excluding carboxylic acids is 4. The van der Waals surface area contributed by atoms with Crippen molar-refractivity contribution in [2.45, 2.75) is 57.4 Å². The summed E-state index contributed by atoms with van der Waals surface area (Å²) in [5, 5.41) is 8.48. The van der Waals surface area contributed by atoms with Crippen molar-refractivity contribution >= 4 is 41.0 Å². The highest BCUT2D eigenvalue weighted by Gasteiger charge is 2.50. The molecule has 1 aliphatic heterocycles. The monoisotopic (exact) mass is 434 g/mol. The largest absolute Gasteiger partial charge is 0.345 e. The fourth-order valence-corrected chi connectivity index (χ4v) is 4.16. The molecule has 162 valence electrons. The highest BCUT2D eigenvalue weighted by atomic mass is 35.5. The van der Waals surface area contributed by atoms with Gasteiger partial charge in [-0.25, -0.2) is 4.79 Å². The lowest BCUT2D eigenvalue weighted by Crippen LogP contribution is -2.48. The third-order valence-electron chi connectivity index (χ3n) is 5.74. The molecule has 9 heteroatoms. The van der Waals surface area contributed by atoms with Crippen molar-refractivity contribution in [2.24, 2.45) is 0 Å². The molecular formula is C21H27ClN4O4. The average Bonchev–Trinajstić information content (AvgIpc) is 2.92. The minimum absolute atomic E-state index is 0.278. The first-order valence-electron chi connectivity index (χ1n) is 10.3. The van der Waals surface area contributed by atoms with Gasteiger partial charge in [-0.1, -0.05) is 49.8 Å². The zero-order chi connectivity index (χ0) is 21.7. The Morgan fingerprint density at radius 2 is 1.77 bits per heavy atom. The lowest BCUT2D eigenvalue weighted by molar-refractivity contribution is -0.135. The first-order valence-corrected chi connectivity index (χ1v) is 10.7. The van der Waals surface area contributed by atoms with E-state index in [4.69, 9.17) is 11.6 Å². The highest BCUT2D eigenvalue weighted by Crippen LogP contribution is 2.32. The first-order chi connectivity index (χ1) is 14.3. The molecule has 2 fully saturated rings. The van der Waals surface area contributed by atoms with Crippen molar-refractivity contribution in [1.82, 2.24) is 15.5 Å². The van der Waals surface area contributed by atoms with Gasteiger partial charge < -0.3 is 16.0 Å². The number of nitrogens with zero attached hydrogens (tertiary/aromatic N) is 1. The molecule has 5 amide bonds. The first kappa shape index (κ1) is 22.1. The Hall–Kier alpha value is -2.61. The van der Waals surface area contributed by atoms with E-state index >= 15 is 0 Å². The number of urea groups is 1. The van der Waals surface area contributed by atoms with Gasteiger partial charge in [-0.3, -0.25) is 19.3 Å². The summed E-state index contributed by atoms with van der Waals surface area (Å²) in [7, 11) is 0. The van der Waals surface area contributed by atoms with E-state index in [9.17, 15) is 19.2 Å². The molecule has 1 saturated heterocycles. The van der Waals surface area contributed by atoms with E-state index in [0.29, 0.717) is 23.6 Å². The molecule has 0 unspecified atom stereocenters. The van der Waals surface area contributed by atoms with E-state index < -0.39 is 29.9 Å². The van der Waals surface area contributed by atoms with Crippen molar-refractivity contribution in [3.05, 3.63) is 28.8 Å². The van der Waals surface area contributed by atoms with Crippen LogP contribution in [0.1, 0.15) is 50.5 Å². The van der Waals surface area contributed by atoms with Gasteiger partial charge in [-0.15, -0.1) is 0 Å². The second-order valence-corrected chi connectivity index (χ2v) is 8.32. The van der Waals surface area contributed by atoms with Gasteiger partial charge in [-0.05, 0) is 37.5 Å². The number of imide groups is 1. The molecule has 0 bridgehead atoms. The zero-order valence-electron chi connectivity index (χ0n) is 17.1. The predicted octanol–water partition coefficient (Wildman–Crippen LogP) is 2.74. The Balaban J connectivity index is 1.53. The molecule has 3 N–H and O–H groups in total. The molecule has 8 nitrogen and oxygen atoms in total. The van der Waals surface area contributed by atoms with Gasteiger partial charge >= 0.3 is 6.03 Å². The Labute approximate surface area is 180 Å². The lowest BCUT2D eigenvalue weighted by Gasteiger charge is -2.28. The predicted molar refractivity (Wildman–Crippen MR) is 113 cm³/mol. The van der Waals surface area contributed by atoms with Crippen LogP contribution in [0.25, 0.3) is 0 Å². The van der Waals surface area contributed by atoms with Crippen molar-refractivity contribution in [1.29, 1.82) is 0 Å². The summed E-state index contributed by atoms with van der Waals surface area (Å²) >= 11 is 6.03. The van der Waals surface area contributed by atoms with Crippen LogP contribution in [0.2, 0.25) is 5.02 Å². The summed E-state index contributed by atoms with van der Waals surface area (Å²) in [4.78, 5) is 50.6. The molecule has 1 aromatic rings. The van der Waals surface area contributed by atoms with Gasteiger partial charge in [0.1, 0.15) is 12.1 Å². The maximum atomic E-state index is 12.9. The summed E-state index contributed by atoms with van der Waals surface area (Å²) in [6.07, 6.45) is 6.14. The maximum absolute atomic E-state index is 12.9. The molecule has 0 atom stereocenters. The molecule has 0 radical (unpaired) electrons. The molecule has 1 heterocycles. The third kappa shape index (κ3) is 4.92. The minimum Gasteiger partial charge on any atom is -0.345 e. The van der Waals surface area contributed by atoms with Crippen LogP contribution in [-0.4, -0.2) is 47.3 Å². The molecule has 30 heavy (non-hydrogen) atoms. The van der Waals surface area contributed by atoms with E-state index in [2.05, 4.69) is 16.0 Å². The van der Waals surface area contributed by atoms with Crippen molar-refractivity contribution < 1.29 is 19.2 Å². The van der Waals surface area contributed by atoms with Crippen LogP contribution in [0.15, 0.2) is 18.2 Å². The number of benzene rings is 1. The fourth-order valence-electron chi connectivity index (χ4n) is 3.98. The van der Waals surface area contributed by atoms with Crippen LogP contribution in [0.5, 0.6) is 0 Å². The number of hydrogen-bond donors (Lipinski definition) is 3. The van der Waals surface area contributed by atoms with Gasteiger partial charge in [0.25, 0.3) is 5.91 Å². The van der Waals surface area contributed by atoms with Gasteiger partial charge in [0, 0.05) is 10.7 Å². The summed E-state index contributed by atoms with van der Waals surface area (Å²) in [6.45, 7) is 1.09. The second kappa shape index (κ2) is 9.47. The molecular weight excluding hydrogens is 408 g/mol. The van der Waals surface area contributed by atoms with Crippen molar-refractivity contribution in [3.8, 4) is 0 Å². The smallest absolute Gasteiger partial charge is 0.325 e. The van der Waals surface area contributed by atoms with E-state index in [1.807, 2.05) is 0 Å². The minimum atomic E-state index is -0.890. The molecule has 1 aliphatic carbocycles.